The second kappa shape index (κ2) is 9.66. The molecule has 0 aliphatic carbocycles. The fourth-order valence-corrected chi connectivity index (χ4v) is 2.89. The Morgan fingerprint density at radius 3 is 2.52 bits per heavy atom. The molecular weight excluding hydrogens is 453 g/mol. The zero-order chi connectivity index (χ0) is 21.6. The highest BCUT2D eigenvalue weighted by Crippen LogP contribution is 2.19. The van der Waals surface area contributed by atoms with Crippen LogP contribution in [0.5, 0.6) is 0 Å². The minimum absolute atomic E-state index is 0.583. The van der Waals surface area contributed by atoms with E-state index in [1.54, 1.807) is 6.20 Å². The molecule has 3 N–H and O–H groups in total. The Morgan fingerprint density at radius 2 is 1.86 bits per heavy atom. The average Bonchev–Trinajstić information content (AvgIpc) is 2.64. The number of aliphatic carboxylic acids is 1. The minimum atomic E-state index is -5.08. The Morgan fingerprint density at radius 1 is 1.17 bits per heavy atom. The molecule has 0 bridgehead atoms. The summed E-state index contributed by atoms with van der Waals surface area (Å²) in [5.74, 6) is -2.17. The van der Waals surface area contributed by atoms with Gasteiger partial charge in [-0.2, -0.15) is 13.2 Å². The van der Waals surface area contributed by atoms with E-state index in [4.69, 9.17) is 15.6 Å². The second-order valence-electron chi connectivity index (χ2n) is 6.23. The molecule has 3 rings (SSSR count). The molecule has 0 radical (unpaired) electrons. The molecule has 0 saturated carbocycles. The molecule has 2 heterocycles. The molecule has 0 unspecified atom stereocenters. The fraction of sp³-hybridized carbons (Fsp3) is 0.211. The van der Waals surface area contributed by atoms with Crippen LogP contribution in [-0.2, 0) is 17.9 Å². The van der Waals surface area contributed by atoms with Crippen LogP contribution in [0.4, 0.5) is 19.0 Å². The van der Waals surface area contributed by atoms with Crippen LogP contribution in [0.1, 0.15) is 11.1 Å². The van der Waals surface area contributed by atoms with E-state index in [9.17, 15) is 13.2 Å². The summed E-state index contributed by atoms with van der Waals surface area (Å²) in [5, 5.41) is 9.50. The lowest BCUT2D eigenvalue weighted by Crippen LogP contribution is -2.21. The number of nitrogens with two attached hydrogens (primary N) is 1. The van der Waals surface area contributed by atoms with Crippen LogP contribution in [0.15, 0.2) is 53.4 Å². The normalized spacial score (nSPS) is 11.2. The van der Waals surface area contributed by atoms with Crippen molar-refractivity contribution in [1.82, 2.24) is 14.9 Å². The molecule has 0 atom stereocenters. The molecule has 10 heteroatoms. The lowest BCUT2D eigenvalue weighted by molar-refractivity contribution is -0.192. The number of nitrogens with zero attached hydrogens (tertiary/aromatic N) is 3. The van der Waals surface area contributed by atoms with Gasteiger partial charge in [0.05, 0.1) is 0 Å². The minimum Gasteiger partial charge on any atom is -0.475 e. The van der Waals surface area contributed by atoms with Crippen LogP contribution in [-0.4, -0.2) is 39.2 Å². The van der Waals surface area contributed by atoms with Crippen LogP contribution < -0.4 is 5.73 Å². The molecule has 29 heavy (non-hydrogen) atoms. The summed E-state index contributed by atoms with van der Waals surface area (Å²) in [6.45, 7) is 1.61. The SMILES string of the molecule is CN(Cc1ccc2cnccc2c1)Cc1cc(Br)cnc1N.O=C(O)C(F)(F)F. The highest BCUT2D eigenvalue weighted by atomic mass is 79.9. The highest BCUT2D eigenvalue weighted by molar-refractivity contribution is 9.10. The number of hydrogen-bond donors (Lipinski definition) is 2. The molecule has 0 spiro atoms. The van der Waals surface area contributed by atoms with Crippen molar-refractivity contribution in [3.63, 3.8) is 0 Å². The van der Waals surface area contributed by atoms with E-state index < -0.39 is 12.1 Å². The maximum absolute atomic E-state index is 10.6. The number of benzene rings is 1. The molecule has 3 aromatic rings. The molecule has 0 aliphatic rings. The van der Waals surface area contributed by atoms with Crippen molar-refractivity contribution in [2.75, 3.05) is 12.8 Å². The van der Waals surface area contributed by atoms with E-state index in [1.807, 2.05) is 24.5 Å². The van der Waals surface area contributed by atoms with Crippen molar-refractivity contribution in [2.45, 2.75) is 19.3 Å². The van der Waals surface area contributed by atoms with Crippen LogP contribution in [0.2, 0.25) is 0 Å². The quantitative estimate of drug-likeness (QED) is 0.592. The second-order valence-corrected chi connectivity index (χ2v) is 7.15. The predicted octanol–water partition coefficient (Wildman–Crippen LogP) is 4.24. The van der Waals surface area contributed by atoms with Crippen LogP contribution in [0, 0.1) is 0 Å². The largest absolute Gasteiger partial charge is 0.490 e. The third-order valence-electron chi connectivity index (χ3n) is 3.81. The highest BCUT2D eigenvalue weighted by Gasteiger charge is 2.38. The van der Waals surface area contributed by atoms with E-state index in [-0.39, 0.29) is 0 Å². The van der Waals surface area contributed by atoms with Gasteiger partial charge in [0, 0.05) is 47.1 Å². The van der Waals surface area contributed by atoms with Gasteiger partial charge < -0.3 is 10.8 Å². The van der Waals surface area contributed by atoms with Crippen molar-refractivity contribution < 1.29 is 23.1 Å². The molecule has 0 fully saturated rings. The van der Waals surface area contributed by atoms with Gasteiger partial charge in [-0.25, -0.2) is 9.78 Å². The van der Waals surface area contributed by atoms with Gasteiger partial charge in [-0.15, -0.1) is 0 Å². The van der Waals surface area contributed by atoms with E-state index in [0.717, 1.165) is 28.5 Å². The summed E-state index contributed by atoms with van der Waals surface area (Å²) in [6.07, 6.45) is 0.344. The maximum atomic E-state index is 10.6. The summed E-state index contributed by atoms with van der Waals surface area (Å²) < 4.78 is 32.7. The number of nitrogen functional groups attached to an aromatic ring is 1. The molecule has 0 saturated heterocycles. The number of fused-ring (bicyclic) bond motifs is 1. The van der Waals surface area contributed by atoms with Gasteiger partial charge in [-0.3, -0.25) is 9.88 Å². The Kier molecular flexibility index (Phi) is 7.52. The number of anilines is 1. The summed E-state index contributed by atoms with van der Waals surface area (Å²) >= 11 is 3.44. The van der Waals surface area contributed by atoms with Crippen LogP contribution in [0.25, 0.3) is 10.8 Å². The van der Waals surface area contributed by atoms with E-state index in [0.29, 0.717) is 5.82 Å². The van der Waals surface area contributed by atoms with E-state index in [2.05, 4.69) is 56.0 Å². The molecule has 1 aromatic carbocycles. The molecule has 2 aromatic heterocycles. The molecule has 0 aliphatic heterocycles. The van der Waals surface area contributed by atoms with Gasteiger partial charge in [0.2, 0.25) is 0 Å². The number of alkyl halides is 3. The van der Waals surface area contributed by atoms with Crippen LogP contribution >= 0.6 is 15.9 Å². The Hall–Kier alpha value is -2.72. The number of pyridine rings is 2. The Balaban J connectivity index is 0.000000370. The Labute approximate surface area is 173 Å². The molecule has 6 nitrogen and oxygen atoms in total. The van der Waals surface area contributed by atoms with Gasteiger partial charge in [-0.05, 0) is 52.1 Å². The standard InChI is InChI=1S/C17H17BrN4.C2HF3O2/c1-22(11-15-7-16(18)9-21-17(15)19)10-12-2-3-14-8-20-5-4-13(14)6-12;3-2(4,5)1(6)7/h2-9H,10-11H2,1H3,(H2,19,21);(H,6,7). The number of carbonyl (C=O) groups is 1. The monoisotopic (exact) mass is 470 g/mol. The van der Waals surface area contributed by atoms with E-state index >= 15 is 0 Å². The first-order valence-corrected chi connectivity index (χ1v) is 9.07. The fourth-order valence-electron chi connectivity index (χ4n) is 2.51. The first-order chi connectivity index (χ1) is 13.6. The third kappa shape index (κ3) is 6.99. The van der Waals surface area contributed by atoms with Gasteiger partial charge in [0.15, 0.2) is 0 Å². The summed E-state index contributed by atoms with van der Waals surface area (Å²) in [4.78, 5) is 19.4. The van der Waals surface area contributed by atoms with Crippen LogP contribution in [0.3, 0.4) is 0 Å². The van der Waals surface area contributed by atoms with Crippen molar-refractivity contribution >= 4 is 38.5 Å². The number of hydrogen-bond acceptors (Lipinski definition) is 5. The van der Waals surface area contributed by atoms with Crippen molar-refractivity contribution in [1.29, 1.82) is 0 Å². The van der Waals surface area contributed by atoms with E-state index in [1.165, 1.54) is 10.9 Å². The number of carboxylic acid groups (broad SMARTS) is 1. The molecule has 154 valence electrons. The first-order valence-electron chi connectivity index (χ1n) is 8.27. The zero-order valence-corrected chi connectivity index (χ0v) is 16.9. The molecular formula is C19H18BrF3N4O2. The number of rotatable bonds is 4. The smallest absolute Gasteiger partial charge is 0.475 e. The van der Waals surface area contributed by atoms with Gasteiger partial charge in [-0.1, -0.05) is 12.1 Å². The summed E-state index contributed by atoms with van der Waals surface area (Å²) in [7, 11) is 2.08. The number of halogens is 4. The van der Waals surface area contributed by atoms with Crippen molar-refractivity contribution in [3.8, 4) is 0 Å². The maximum Gasteiger partial charge on any atom is 0.490 e. The topological polar surface area (TPSA) is 92.3 Å². The zero-order valence-electron chi connectivity index (χ0n) is 15.3. The third-order valence-corrected chi connectivity index (χ3v) is 4.24. The number of aromatic nitrogens is 2. The Bertz CT molecular complexity index is 999. The van der Waals surface area contributed by atoms with Crippen molar-refractivity contribution in [3.05, 3.63) is 64.5 Å². The van der Waals surface area contributed by atoms with Gasteiger partial charge in [0.1, 0.15) is 5.82 Å². The lowest BCUT2D eigenvalue weighted by atomic mass is 10.1. The summed E-state index contributed by atoms with van der Waals surface area (Å²) in [5.41, 5.74) is 8.24. The van der Waals surface area contributed by atoms with Crippen molar-refractivity contribution in [2.24, 2.45) is 0 Å². The number of carboxylic acids is 1. The average molecular weight is 471 g/mol. The first kappa shape index (κ1) is 22.6. The van der Waals surface area contributed by atoms with Gasteiger partial charge >= 0.3 is 12.1 Å². The molecule has 0 amide bonds. The van der Waals surface area contributed by atoms with Gasteiger partial charge in [0.25, 0.3) is 0 Å². The summed E-state index contributed by atoms with van der Waals surface area (Å²) in [6, 6.07) is 10.5. The predicted molar refractivity (Wildman–Crippen MR) is 107 cm³/mol. The lowest BCUT2D eigenvalue weighted by Gasteiger charge is -2.18.